The summed E-state index contributed by atoms with van der Waals surface area (Å²) in [6.07, 6.45) is 0.620. The first-order valence-electron chi connectivity index (χ1n) is 16.3. The number of carboxylic acid groups (broad SMARTS) is 1. The number of rotatable bonds is 7. The number of Topliss-reactive ketones (excluding diaryl/α,β-unsaturated/α-hetero) is 2. The molecule has 0 aliphatic rings. The van der Waals surface area contributed by atoms with Gasteiger partial charge < -0.3 is 26.5 Å². The Labute approximate surface area is 312 Å². The van der Waals surface area contributed by atoms with Crippen LogP contribution in [0.2, 0.25) is 0 Å². The van der Waals surface area contributed by atoms with Crippen LogP contribution < -0.4 is 6.15 Å². The lowest BCUT2D eigenvalue weighted by molar-refractivity contribution is -0.134. The highest BCUT2D eigenvalue weighted by atomic mass is 16.4. The second-order valence-electron chi connectivity index (χ2n) is 11.1. The number of carbonyl (C=O) groups is 4. The largest absolute Gasteiger partial charge is 0.507 e. The molecule has 54 heavy (non-hydrogen) atoms. The number of aromatic nitrogens is 2. The summed E-state index contributed by atoms with van der Waals surface area (Å²) in [6, 6.07) is 50.9. The van der Waals surface area contributed by atoms with E-state index in [9.17, 15) is 19.5 Å². The first-order valence-corrected chi connectivity index (χ1v) is 16.3. The van der Waals surface area contributed by atoms with Crippen LogP contribution in [-0.4, -0.2) is 49.1 Å². The number of ketones is 2. The lowest BCUT2D eigenvalue weighted by Gasteiger charge is -2.02. The summed E-state index contributed by atoms with van der Waals surface area (Å²) in [6.45, 7) is 1.08. The number of hydrogen-bond donors (Lipinski definition) is 5. The Balaban J connectivity index is 0.000000225. The Kier molecular flexibility index (Phi) is 16.0. The lowest BCUT2D eigenvalue weighted by atomic mass is 10.0. The molecule has 7 N–H and O–H groups in total. The van der Waals surface area contributed by atoms with Crippen molar-refractivity contribution < 1.29 is 34.5 Å². The van der Waals surface area contributed by atoms with Gasteiger partial charge in [0, 0.05) is 29.2 Å². The molecular formula is C44H39N3O7. The third-order valence-electron chi connectivity index (χ3n) is 7.31. The zero-order valence-electron chi connectivity index (χ0n) is 29.4. The zero-order chi connectivity index (χ0) is 38.0. The fourth-order valence-corrected chi connectivity index (χ4v) is 4.82. The van der Waals surface area contributed by atoms with E-state index in [1.165, 1.54) is 6.07 Å². The van der Waals surface area contributed by atoms with Crippen LogP contribution in [0.3, 0.4) is 0 Å². The van der Waals surface area contributed by atoms with Crippen LogP contribution in [0.4, 0.5) is 0 Å². The summed E-state index contributed by atoms with van der Waals surface area (Å²) in [5.74, 6) is -0.859. The predicted molar refractivity (Wildman–Crippen MR) is 210 cm³/mol. The van der Waals surface area contributed by atoms with Gasteiger partial charge >= 0.3 is 0 Å². The van der Waals surface area contributed by atoms with Gasteiger partial charge in [-0.05, 0) is 24.3 Å². The fraction of sp³-hybridized carbons (Fsp3) is 0.0227. The minimum Gasteiger partial charge on any atom is -0.507 e. The Morgan fingerprint density at radius 3 is 1.37 bits per heavy atom. The zero-order valence-corrected chi connectivity index (χ0v) is 29.4. The monoisotopic (exact) mass is 721 g/mol. The molecule has 10 heteroatoms. The number of nitrogens with zero attached hydrogens (tertiary/aromatic N) is 1. The molecule has 272 valence electrons. The summed E-state index contributed by atoms with van der Waals surface area (Å²) >= 11 is 0. The van der Waals surface area contributed by atoms with Crippen LogP contribution in [-0.2, 0) is 4.79 Å². The van der Waals surface area contributed by atoms with Crippen LogP contribution >= 0.6 is 0 Å². The van der Waals surface area contributed by atoms with E-state index in [2.05, 4.69) is 17.1 Å². The molecule has 0 spiro atoms. The number of aromatic amines is 1. The van der Waals surface area contributed by atoms with E-state index < -0.39 is 17.5 Å². The molecule has 0 bridgehead atoms. The highest BCUT2D eigenvalue weighted by molar-refractivity contribution is 6.49. The van der Waals surface area contributed by atoms with Gasteiger partial charge in [0.2, 0.25) is 11.6 Å². The number of aliphatic carboxylic acids is 1. The molecule has 0 saturated heterocycles. The van der Waals surface area contributed by atoms with E-state index in [0.717, 1.165) is 29.4 Å². The molecule has 0 amide bonds. The smallest absolute Gasteiger partial charge is 0.300 e. The summed E-state index contributed by atoms with van der Waals surface area (Å²) in [7, 11) is 0. The average molecular weight is 722 g/mol. The van der Waals surface area contributed by atoms with Crippen molar-refractivity contribution in [1.29, 1.82) is 0 Å². The van der Waals surface area contributed by atoms with Gasteiger partial charge in [0.1, 0.15) is 17.3 Å². The second kappa shape index (κ2) is 21.1. The van der Waals surface area contributed by atoms with Crippen LogP contribution in [0, 0.1) is 0 Å². The number of benzene rings is 6. The SMILES string of the molecule is CC(=O)O.N.O=C(C(=O)c1ccccc1)c1ccccc1.O=Cc1ccccc1O.Oc1ccccc1-c1nc(-c2ccccc2)c(-c2ccccc2)[nH]1. The Bertz CT molecular complexity index is 2130. The predicted octanol–water partition coefficient (Wildman–Crippen LogP) is 9.33. The quantitative estimate of drug-likeness (QED) is 0.0606. The van der Waals surface area contributed by atoms with Crippen molar-refractivity contribution in [2.75, 3.05) is 0 Å². The highest BCUT2D eigenvalue weighted by Gasteiger charge is 2.18. The number of carbonyl (C=O) groups excluding carboxylic acids is 3. The Morgan fingerprint density at radius 1 is 0.556 bits per heavy atom. The maximum Gasteiger partial charge on any atom is 0.300 e. The van der Waals surface area contributed by atoms with Gasteiger partial charge in [-0.25, -0.2) is 4.98 Å². The number of hydrogen-bond acceptors (Lipinski definition) is 8. The molecule has 7 aromatic rings. The third kappa shape index (κ3) is 11.8. The number of para-hydroxylation sites is 2. The van der Waals surface area contributed by atoms with Crippen LogP contribution in [0.25, 0.3) is 33.9 Å². The minimum atomic E-state index is -0.833. The van der Waals surface area contributed by atoms with Crippen molar-refractivity contribution >= 4 is 23.8 Å². The fourth-order valence-electron chi connectivity index (χ4n) is 4.82. The van der Waals surface area contributed by atoms with Gasteiger partial charge in [-0.15, -0.1) is 0 Å². The Hall–Kier alpha value is -7.43. The van der Waals surface area contributed by atoms with Crippen molar-refractivity contribution in [1.82, 2.24) is 16.1 Å². The van der Waals surface area contributed by atoms with Crippen molar-refractivity contribution in [2.45, 2.75) is 6.92 Å². The summed E-state index contributed by atoms with van der Waals surface area (Å²) < 4.78 is 0. The van der Waals surface area contributed by atoms with E-state index in [-0.39, 0.29) is 17.6 Å². The number of nitrogens with one attached hydrogen (secondary N) is 1. The number of imidazole rings is 1. The summed E-state index contributed by atoms with van der Waals surface area (Å²) in [5, 5.41) is 26.4. The normalized spacial score (nSPS) is 9.57. The van der Waals surface area contributed by atoms with E-state index in [4.69, 9.17) is 20.0 Å². The maximum absolute atomic E-state index is 11.8. The van der Waals surface area contributed by atoms with Gasteiger partial charge in [-0.3, -0.25) is 19.2 Å². The van der Waals surface area contributed by atoms with E-state index in [1.807, 2.05) is 72.8 Å². The molecule has 10 nitrogen and oxygen atoms in total. The van der Waals surface area contributed by atoms with Crippen molar-refractivity contribution in [3.8, 4) is 45.4 Å². The Morgan fingerprint density at radius 2 is 0.944 bits per heavy atom. The van der Waals surface area contributed by atoms with E-state index in [0.29, 0.717) is 34.4 Å². The molecule has 0 unspecified atom stereocenters. The van der Waals surface area contributed by atoms with Gasteiger partial charge in [-0.2, -0.15) is 0 Å². The third-order valence-corrected chi connectivity index (χ3v) is 7.31. The molecule has 0 aliphatic heterocycles. The average Bonchev–Trinajstić information content (AvgIpc) is 3.65. The van der Waals surface area contributed by atoms with Gasteiger partial charge in [-0.1, -0.05) is 146 Å². The van der Waals surface area contributed by atoms with E-state index in [1.54, 1.807) is 78.9 Å². The molecule has 7 rings (SSSR count). The number of phenols is 2. The highest BCUT2D eigenvalue weighted by Crippen LogP contribution is 2.35. The van der Waals surface area contributed by atoms with Crippen molar-refractivity contribution in [3.05, 3.63) is 187 Å². The first-order chi connectivity index (χ1) is 25.7. The van der Waals surface area contributed by atoms with E-state index >= 15 is 0 Å². The number of phenolic OH excluding ortho intramolecular Hbond substituents is 2. The molecule has 6 aromatic carbocycles. The molecule has 0 fully saturated rings. The number of H-pyrrole nitrogens is 1. The molecule has 0 saturated carbocycles. The van der Waals surface area contributed by atoms with Gasteiger partial charge in [0.15, 0.2) is 6.29 Å². The van der Waals surface area contributed by atoms with Crippen molar-refractivity contribution in [3.63, 3.8) is 0 Å². The van der Waals surface area contributed by atoms with Crippen LogP contribution in [0.5, 0.6) is 11.5 Å². The van der Waals surface area contributed by atoms with Crippen LogP contribution in [0.15, 0.2) is 170 Å². The summed E-state index contributed by atoms with van der Waals surface area (Å²) in [5.41, 5.74) is 5.79. The maximum atomic E-state index is 11.8. The molecule has 1 heterocycles. The lowest BCUT2D eigenvalue weighted by Crippen LogP contribution is -2.14. The minimum absolute atomic E-state index is 0. The topological polar surface area (TPSA) is 193 Å². The van der Waals surface area contributed by atoms with Crippen LogP contribution in [0.1, 0.15) is 38.0 Å². The standard InChI is InChI=1S/C21H16N2O.C14H10O2.C7H6O2.C2H4O2.H3N/c24-18-14-8-7-13-17(18)21-22-19(15-9-3-1-4-10-15)20(23-21)16-11-5-2-6-12-16;15-13(11-7-3-1-4-8-11)14(16)12-9-5-2-6-10-12;8-5-6-3-1-2-4-7(6)9;1-2(3)4;/h1-14,24H,(H,22,23);1-10H;1-5,9H;1H3,(H,3,4);1H3. The van der Waals surface area contributed by atoms with Crippen molar-refractivity contribution in [2.24, 2.45) is 0 Å². The summed E-state index contributed by atoms with van der Waals surface area (Å²) in [4.78, 5) is 50.8. The van der Waals surface area contributed by atoms with Gasteiger partial charge in [0.25, 0.3) is 5.97 Å². The van der Waals surface area contributed by atoms with Gasteiger partial charge in [0.05, 0.1) is 22.5 Å². The molecule has 0 atom stereocenters. The molecule has 0 radical (unpaired) electrons. The first kappa shape index (κ1) is 41.0. The number of aromatic hydroxyl groups is 2. The molecular weight excluding hydrogens is 682 g/mol. The number of carboxylic acids is 1. The number of aldehydes is 1. The molecule has 1 aromatic heterocycles. The second-order valence-corrected chi connectivity index (χ2v) is 11.1. The molecule has 0 aliphatic carbocycles.